The van der Waals surface area contributed by atoms with Gasteiger partial charge in [-0.3, -0.25) is 14.4 Å². The zero-order valence-corrected chi connectivity index (χ0v) is 25.6. The molecule has 13 heteroatoms. The van der Waals surface area contributed by atoms with Gasteiger partial charge in [0.05, 0.1) is 7.11 Å². The fourth-order valence-electron chi connectivity index (χ4n) is 5.31. The van der Waals surface area contributed by atoms with Gasteiger partial charge in [-0.2, -0.15) is 11.8 Å². The van der Waals surface area contributed by atoms with Crippen LogP contribution in [-0.2, 0) is 47.6 Å². The Hall–Kier alpha value is -4.10. The lowest BCUT2D eigenvalue weighted by Crippen LogP contribution is -2.42. The van der Waals surface area contributed by atoms with Crippen LogP contribution >= 0.6 is 11.8 Å². The lowest BCUT2D eigenvalue weighted by molar-refractivity contribution is -0.194. The molecule has 1 amide bonds. The number of carbonyl (C=O) groups is 5. The van der Waals surface area contributed by atoms with Crippen molar-refractivity contribution in [2.75, 3.05) is 25.2 Å². The van der Waals surface area contributed by atoms with Crippen LogP contribution in [0.2, 0.25) is 0 Å². The highest BCUT2D eigenvalue weighted by Gasteiger charge is 2.50. The number of thioether (sulfide) groups is 1. The maximum atomic E-state index is 12.8. The molecular formula is C31H35NO11S. The van der Waals surface area contributed by atoms with Crippen LogP contribution in [-0.4, -0.2) is 85.8 Å². The van der Waals surface area contributed by atoms with Crippen LogP contribution in [0, 0.1) is 0 Å². The van der Waals surface area contributed by atoms with Crippen LogP contribution in [0.4, 0.5) is 4.79 Å². The lowest BCUT2D eigenvalue weighted by Gasteiger charge is -2.23. The molecule has 0 spiro atoms. The number of fused-ring (bicyclic) bond motifs is 3. The number of ether oxygens (including phenoxy) is 6. The number of nitrogens with one attached hydrogen (secondary N) is 1. The average Bonchev–Trinajstić information content (AvgIpc) is 3.46. The van der Waals surface area contributed by atoms with Gasteiger partial charge in [0.1, 0.15) is 18.8 Å². The molecule has 5 atom stereocenters. The standard InChI is InChI=1S/C31H35NO11S/c1-17(33)40-27-26(43-30(42-19(3)35)28(27)41-18(2)34)16-44-14-13-25(29(36)38-4)32-31(37)39-15-24-22-11-7-5-9-20(22)21-10-6-8-12-23(21)24/h5-12,24-28,30H,13-16H2,1-4H3,(H,32,37)/t25?,26?,27-,28-,30?/m1/s1. The summed E-state index contributed by atoms with van der Waals surface area (Å²) < 4.78 is 32.0. The van der Waals surface area contributed by atoms with Gasteiger partial charge in [-0.25, -0.2) is 9.59 Å². The molecule has 2 aromatic rings. The van der Waals surface area contributed by atoms with Gasteiger partial charge in [0, 0.05) is 32.4 Å². The van der Waals surface area contributed by atoms with E-state index < -0.39 is 60.6 Å². The summed E-state index contributed by atoms with van der Waals surface area (Å²) in [6, 6.07) is 14.9. The molecule has 1 aliphatic heterocycles. The normalized spacial score (nSPS) is 20.9. The molecule has 0 bridgehead atoms. The van der Waals surface area contributed by atoms with Gasteiger partial charge in [0.25, 0.3) is 0 Å². The summed E-state index contributed by atoms with van der Waals surface area (Å²) in [4.78, 5) is 60.2. The van der Waals surface area contributed by atoms with E-state index in [9.17, 15) is 24.0 Å². The van der Waals surface area contributed by atoms with Gasteiger partial charge >= 0.3 is 30.0 Å². The quantitative estimate of drug-likeness (QED) is 0.208. The molecule has 236 valence electrons. The minimum absolute atomic E-state index is 0.0893. The zero-order valence-electron chi connectivity index (χ0n) is 24.8. The topological polar surface area (TPSA) is 153 Å². The summed E-state index contributed by atoms with van der Waals surface area (Å²) in [5, 5.41) is 2.60. The van der Waals surface area contributed by atoms with Gasteiger partial charge in [-0.05, 0) is 34.4 Å². The maximum Gasteiger partial charge on any atom is 0.407 e. The Morgan fingerprint density at radius 1 is 0.841 bits per heavy atom. The molecule has 4 rings (SSSR count). The van der Waals surface area contributed by atoms with E-state index in [4.69, 9.17) is 28.4 Å². The molecule has 2 aromatic carbocycles. The Morgan fingerprint density at radius 2 is 1.41 bits per heavy atom. The monoisotopic (exact) mass is 629 g/mol. The van der Waals surface area contributed by atoms with E-state index in [0.29, 0.717) is 5.75 Å². The minimum atomic E-state index is -1.26. The summed E-state index contributed by atoms with van der Waals surface area (Å²) in [5.74, 6) is -2.16. The van der Waals surface area contributed by atoms with Crippen molar-refractivity contribution >= 4 is 41.7 Å². The lowest BCUT2D eigenvalue weighted by atomic mass is 9.98. The fraction of sp³-hybridized carbons (Fsp3) is 0.452. The predicted octanol–water partition coefficient (Wildman–Crippen LogP) is 3.34. The molecule has 1 N–H and O–H groups in total. The van der Waals surface area contributed by atoms with E-state index in [2.05, 4.69) is 5.32 Å². The van der Waals surface area contributed by atoms with E-state index in [1.54, 1.807) is 0 Å². The first kappa shape index (κ1) is 32.8. The van der Waals surface area contributed by atoms with Crippen LogP contribution in [0.15, 0.2) is 48.5 Å². The summed E-state index contributed by atoms with van der Waals surface area (Å²) >= 11 is 1.33. The number of esters is 4. The number of amides is 1. The van der Waals surface area contributed by atoms with Crippen molar-refractivity contribution < 1.29 is 52.4 Å². The molecule has 2 aliphatic rings. The van der Waals surface area contributed by atoms with E-state index in [0.717, 1.165) is 22.3 Å². The Morgan fingerprint density at radius 3 is 1.98 bits per heavy atom. The first-order chi connectivity index (χ1) is 21.1. The number of hydrogen-bond acceptors (Lipinski definition) is 12. The van der Waals surface area contributed by atoms with Crippen molar-refractivity contribution in [1.82, 2.24) is 5.32 Å². The van der Waals surface area contributed by atoms with Crippen LogP contribution in [0.25, 0.3) is 11.1 Å². The maximum absolute atomic E-state index is 12.8. The van der Waals surface area contributed by atoms with E-state index in [-0.39, 0.29) is 24.7 Å². The van der Waals surface area contributed by atoms with Gasteiger partial charge in [-0.1, -0.05) is 48.5 Å². The molecule has 0 saturated carbocycles. The Balaban J connectivity index is 1.32. The van der Waals surface area contributed by atoms with Crippen molar-refractivity contribution in [3.63, 3.8) is 0 Å². The highest BCUT2D eigenvalue weighted by atomic mass is 32.2. The number of hydrogen-bond donors (Lipinski definition) is 1. The van der Waals surface area contributed by atoms with Crippen molar-refractivity contribution in [2.24, 2.45) is 0 Å². The van der Waals surface area contributed by atoms with Crippen molar-refractivity contribution in [3.05, 3.63) is 59.7 Å². The first-order valence-corrected chi connectivity index (χ1v) is 15.2. The molecule has 1 saturated heterocycles. The predicted molar refractivity (Wildman–Crippen MR) is 157 cm³/mol. The van der Waals surface area contributed by atoms with Crippen molar-refractivity contribution in [2.45, 2.75) is 63.8 Å². The van der Waals surface area contributed by atoms with Crippen molar-refractivity contribution in [1.29, 1.82) is 0 Å². The van der Waals surface area contributed by atoms with Gasteiger partial charge < -0.3 is 33.7 Å². The molecule has 1 aliphatic carbocycles. The molecular weight excluding hydrogens is 594 g/mol. The Labute approximate surface area is 259 Å². The number of alkyl carbamates (subject to hydrolysis) is 1. The smallest absolute Gasteiger partial charge is 0.407 e. The third-order valence-electron chi connectivity index (χ3n) is 7.11. The Bertz CT molecular complexity index is 1340. The second-order valence-electron chi connectivity index (χ2n) is 10.2. The second kappa shape index (κ2) is 15.1. The van der Waals surface area contributed by atoms with Crippen LogP contribution in [0.1, 0.15) is 44.2 Å². The largest absolute Gasteiger partial charge is 0.467 e. The molecule has 1 fully saturated rings. The number of carbonyl (C=O) groups excluding carboxylic acids is 5. The molecule has 44 heavy (non-hydrogen) atoms. The van der Waals surface area contributed by atoms with E-state index in [1.165, 1.54) is 39.6 Å². The van der Waals surface area contributed by atoms with Gasteiger partial charge in [0.2, 0.25) is 12.4 Å². The average molecular weight is 630 g/mol. The summed E-state index contributed by atoms with van der Waals surface area (Å²) in [6.07, 6.45) is -4.79. The van der Waals surface area contributed by atoms with Crippen molar-refractivity contribution in [3.8, 4) is 11.1 Å². The third kappa shape index (κ3) is 8.08. The summed E-state index contributed by atoms with van der Waals surface area (Å²) in [5.41, 5.74) is 4.33. The van der Waals surface area contributed by atoms with Gasteiger partial charge in [0.15, 0.2) is 6.10 Å². The Kier molecular flexibility index (Phi) is 11.2. The van der Waals surface area contributed by atoms with Gasteiger partial charge in [-0.15, -0.1) is 0 Å². The van der Waals surface area contributed by atoms with E-state index in [1.807, 2.05) is 48.5 Å². The zero-order chi connectivity index (χ0) is 31.8. The molecule has 0 aromatic heterocycles. The highest BCUT2D eigenvalue weighted by Crippen LogP contribution is 2.44. The number of benzene rings is 2. The fourth-order valence-corrected chi connectivity index (χ4v) is 6.38. The first-order valence-electron chi connectivity index (χ1n) is 14.0. The summed E-state index contributed by atoms with van der Waals surface area (Å²) in [6.45, 7) is 3.64. The molecule has 12 nitrogen and oxygen atoms in total. The molecule has 0 radical (unpaired) electrons. The number of methoxy groups -OCH3 is 1. The van der Waals surface area contributed by atoms with E-state index >= 15 is 0 Å². The minimum Gasteiger partial charge on any atom is -0.467 e. The van der Waals surface area contributed by atoms with Crippen LogP contribution in [0.5, 0.6) is 0 Å². The highest BCUT2D eigenvalue weighted by molar-refractivity contribution is 7.99. The SMILES string of the molecule is COC(=O)C(CCSCC1OC(OC(C)=O)[C@H](OC(C)=O)[C@@H]1OC(C)=O)NC(=O)OCC1c2ccccc2-c2ccccc21. The molecule has 3 unspecified atom stereocenters. The third-order valence-corrected chi connectivity index (χ3v) is 8.20. The van der Waals surface area contributed by atoms with Crippen LogP contribution < -0.4 is 5.32 Å². The van der Waals surface area contributed by atoms with Crippen LogP contribution in [0.3, 0.4) is 0 Å². The second-order valence-corrected chi connectivity index (χ2v) is 11.4. The summed E-state index contributed by atoms with van der Waals surface area (Å²) in [7, 11) is 1.22. The molecule has 1 heterocycles. The number of rotatable bonds is 12.